The second-order valence-corrected chi connectivity index (χ2v) is 6.82. The molecule has 0 bridgehead atoms. The Balaban J connectivity index is 1.41. The molecule has 0 aliphatic rings. The number of carbonyl (C=O) groups excluding carboxylic acids is 2. The molecule has 0 saturated heterocycles. The van der Waals surface area contributed by atoms with Crippen LogP contribution < -0.4 is 15.6 Å². The van der Waals surface area contributed by atoms with Crippen LogP contribution in [0.15, 0.2) is 59.4 Å². The van der Waals surface area contributed by atoms with Gasteiger partial charge in [-0.05, 0) is 54.6 Å². The third kappa shape index (κ3) is 5.54. The van der Waals surface area contributed by atoms with Crippen molar-refractivity contribution in [1.82, 2.24) is 10.3 Å². The number of hydrogen-bond acceptors (Lipinski definition) is 4. The number of aromatic nitrogens is 1. The zero-order valence-electron chi connectivity index (χ0n) is 16.4. The number of ketones is 1. The molecule has 3 rings (SSSR count). The van der Waals surface area contributed by atoms with Crippen molar-refractivity contribution in [2.75, 3.05) is 13.7 Å². The highest BCUT2D eigenvalue weighted by Gasteiger charge is 2.09. The smallest absolute Gasteiger partial charge is 0.251 e. The predicted molar refractivity (Wildman–Crippen MR) is 112 cm³/mol. The van der Waals surface area contributed by atoms with E-state index in [9.17, 15) is 14.4 Å². The Bertz CT molecular complexity index is 1050. The molecule has 0 radical (unpaired) electrons. The number of benzene rings is 2. The molecule has 0 saturated carbocycles. The third-order valence-electron chi connectivity index (χ3n) is 4.77. The van der Waals surface area contributed by atoms with E-state index in [4.69, 9.17) is 4.74 Å². The summed E-state index contributed by atoms with van der Waals surface area (Å²) in [7, 11) is 1.57. The molecular formula is C23H24N2O4. The Morgan fingerprint density at radius 3 is 2.55 bits per heavy atom. The minimum atomic E-state index is -0.136. The van der Waals surface area contributed by atoms with E-state index in [0.717, 1.165) is 10.9 Å². The highest BCUT2D eigenvalue weighted by molar-refractivity contribution is 5.96. The number of fused-ring (bicyclic) bond motifs is 1. The van der Waals surface area contributed by atoms with Crippen molar-refractivity contribution in [3.63, 3.8) is 0 Å². The van der Waals surface area contributed by atoms with Crippen LogP contribution in [0.4, 0.5) is 0 Å². The number of aromatic amines is 1. The summed E-state index contributed by atoms with van der Waals surface area (Å²) in [5.74, 6) is 0.582. The maximum absolute atomic E-state index is 12.2. The number of carbonyl (C=O) groups is 2. The highest BCUT2D eigenvalue weighted by atomic mass is 16.5. The van der Waals surface area contributed by atoms with E-state index in [-0.39, 0.29) is 23.7 Å². The van der Waals surface area contributed by atoms with Gasteiger partial charge in [-0.3, -0.25) is 14.4 Å². The number of amides is 1. The van der Waals surface area contributed by atoms with Crippen molar-refractivity contribution in [2.24, 2.45) is 0 Å². The molecule has 6 heteroatoms. The number of nitrogens with one attached hydrogen (secondary N) is 2. The van der Waals surface area contributed by atoms with Crippen LogP contribution in [0.1, 0.15) is 35.2 Å². The number of rotatable bonds is 9. The molecule has 3 aromatic rings. The van der Waals surface area contributed by atoms with Gasteiger partial charge in [0.2, 0.25) is 5.91 Å². The number of Topliss-reactive ketones (excluding diaryl/α,β-unsaturated/α-hetero) is 1. The average molecular weight is 392 g/mol. The minimum Gasteiger partial charge on any atom is -0.497 e. The van der Waals surface area contributed by atoms with Crippen molar-refractivity contribution in [2.45, 2.75) is 25.7 Å². The van der Waals surface area contributed by atoms with Crippen LogP contribution in [0, 0.1) is 0 Å². The fraction of sp³-hybridized carbons (Fsp3) is 0.261. The third-order valence-corrected chi connectivity index (χ3v) is 4.77. The summed E-state index contributed by atoms with van der Waals surface area (Å²) >= 11 is 0. The fourth-order valence-electron chi connectivity index (χ4n) is 3.13. The summed E-state index contributed by atoms with van der Waals surface area (Å²) in [5, 5.41) is 3.78. The Labute approximate surface area is 168 Å². The topological polar surface area (TPSA) is 88.3 Å². The predicted octanol–water partition coefficient (Wildman–Crippen LogP) is 3.25. The summed E-state index contributed by atoms with van der Waals surface area (Å²) in [6.07, 6.45) is 1.52. The van der Waals surface area contributed by atoms with Gasteiger partial charge in [0, 0.05) is 36.0 Å². The van der Waals surface area contributed by atoms with E-state index in [1.165, 1.54) is 0 Å². The van der Waals surface area contributed by atoms with Gasteiger partial charge in [0.25, 0.3) is 5.56 Å². The highest BCUT2D eigenvalue weighted by Crippen LogP contribution is 2.14. The van der Waals surface area contributed by atoms with Crippen molar-refractivity contribution in [3.05, 3.63) is 76.1 Å². The lowest BCUT2D eigenvalue weighted by Crippen LogP contribution is -2.27. The number of ether oxygens (including phenoxy) is 1. The molecule has 0 aliphatic heterocycles. The first-order valence-corrected chi connectivity index (χ1v) is 9.62. The number of hydrogen-bond donors (Lipinski definition) is 2. The van der Waals surface area contributed by atoms with Crippen molar-refractivity contribution >= 4 is 22.6 Å². The molecule has 29 heavy (non-hydrogen) atoms. The first-order chi connectivity index (χ1) is 14.1. The van der Waals surface area contributed by atoms with Gasteiger partial charge in [0.1, 0.15) is 5.75 Å². The number of pyridine rings is 1. The quantitative estimate of drug-likeness (QED) is 0.547. The largest absolute Gasteiger partial charge is 0.497 e. The van der Waals surface area contributed by atoms with Gasteiger partial charge in [-0.25, -0.2) is 0 Å². The van der Waals surface area contributed by atoms with Crippen LogP contribution in [0.5, 0.6) is 5.75 Å². The molecule has 6 nitrogen and oxygen atoms in total. The molecular weight excluding hydrogens is 368 g/mol. The van der Waals surface area contributed by atoms with E-state index in [2.05, 4.69) is 10.3 Å². The lowest BCUT2D eigenvalue weighted by molar-refractivity contribution is -0.121. The van der Waals surface area contributed by atoms with Crippen LogP contribution in [0.3, 0.4) is 0 Å². The lowest BCUT2D eigenvalue weighted by Gasteiger charge is -2.06. The average Bonchev–Trinajstić information content (AvgIpc) is 2.74. The molecule has 0 aliphatic carbocycles. The molecule has 1 aromatic heterocycles. The SMILES string of the molecule is COc1ccc(C(=O)CCCC(=O)NCCc2cc3ccccc3[nH]c2=O)cc1. The van der Waals surface area contributed by atoms with E-state index >= 15 is 0 Å². The molecule has 0 fully saturated rings. The molecule has 150 valence electrons. The summed E-state index contributed by atoms with van der Waals surface area (Å²) in [6, 6.07) is 16.4. The van der Waals surface area contributed by atoms with Crippen molar-refractivity contribution in [3.8, 4) is 5.75 Å². The Kier molecular flexibility index (Phi) is 6.79. The Morgan fingerprint density at radius 1 is 1.03 bits per heavy atom. The first kappa shape index (κ1) is 20.3. The number of methoxy groups -OCH3 is 1. The van der Waals surface area contributed by atoms with Gasteiger partial charge in [0.15, 0.2) is 5.78 Å². The minimum absolute atomic E-state index is 0.00292. The van der Waals surface area contributed by atoms with Crippen LogP contribution >= 0.6 is 0 Å². The van der Waals surface area contributed by atoms with Crippen LogP contribution in [0.2, 0.25) is 0 Å². The maximum Gasteiger partial charge on any atom is 0.251 e. The summed E-state index contributed by atoms with van der Waals surface area (Å²) in [4.78, 5) is 39.1. The van der Waals surface area contributed by atoms with Gasteiger partial charge in [-0.2, -0.15) is 0 Å². The molecule has 0 spiro atoms. The second kappa shape index (κ2) is 9.68. The van der Waals surface area contributed by atoms with E-state index < -0.39 is 0 Å². The van der Waals surface area contributed by atoms with Crippen LogP contribution in [-0.4, -0.2) is 30.3 Å². The van der Waals surface area contributed by atoms with E-state index in [1.807, 2.05) is 30.3 Å². The lowest BCUT2D eigenvalue weighted by atomic mass is 10.1. The zero-order valence-corrected chi connectivity index (χ0v) is 16.4. The molecule has 1 amide bonds. The van der Waals surface area contributed by atoms with E-state index in [0.29, 0.717) is 42.7 Å². The normalized spacial score (nSPS) is 10.7. The Hall–Kier alpha value is -3.41. The number of para-hydroxylation sites is 1. The summed E-state index contributed by atoms with van der Waals surface area (Å²) in [6.45, 7) is 0.382. The van der Waals surface area contributed by atoms with Crippen molar-refractivity contribution < 1.29 is 14.3 Å². The molecule has 0 atom stereocenters. The molecule has 2 aromatic carbocycles. The summed E-state index contributed by atoms with van der Waals surface area (Å²) < 4.78 is 5.07. The first-order valence-electron chi connectivity index (χ1n) is 9.62. The molecule has 1 heterocycles. The Morgan fingerprint density at radius 2 is 1.79 bits per heavy atom. The van der Waals surface area contributed by atoms with Crippen molar-refractivity contribution in [1.29, 1.82) is 0 Å². The fourth-order valence-corrected chi connectivity index (χ4v) is 3.13. The van der Waals surface area contributed by atoms with Gasteiger partial charge < -0.3 is 15.0 Å². The van der Waals surface area contributed by atoms with Gasteiger partial charge in [-0.1, -0.05) is 18.2 Å². The van der Waals surface area contributed by atoms with Gasteiger partial charge >= 0.3 is 0 Å². The standard InChI is InChI=1S/C23H24N2O4/c1-29-19-11-9-16(10-12-19)21(26)7-4-8-22(27)24-14-13-18-15-17-5-2-3-6-20(17)25-23(18)28/h2-3,5-6,9-12,15H,4,7-8,13-14H2,1H3,(H,24,27)(H,25,28). The summed E-state index contributed by atoms with van der Waals surface area (Å²) in [5.41, 5.74) is 1.91. The van der Waals surface area contributed by atoms with Gasteiger partial charge in [0.05, 0.1) is 7.11 Å². The molecule has 0 unspecified atom stereocenters. The molecule has 2 N–H and O–H groups in total. The van der Waals surface area contributed by atoms with Crippen LogP contribution in [-0.2, 0) is 11.2 Å². The van der Waals surface area contributed by atoms with E-state index in [1.54, 1.807) is 31.4 Å². The zero-order chi connectivity index (χ0) is 20.6. The monoisotopic (exact) mass is 392 g/mol. The van der Waals surface area contributed by atoms with Crippen LogP contribution in [0.25, 0.3) is 10.9 Å². The number of H-pyrrole nitrogens is 1. The van der Waals surface area contributed by atoms with Gasteiger partial charge in [-0.15, -0.1) is 0 Å². The second-order valence-electron chi connectivity index (χ2n) is 6.82. The maximum atomic E-state index is 12.2.